The summed E-state index contributed by atoms with van der Waals surface area (Å²) >= 11 is 0.852. The molecule has 0 amide bonds. The lowest BCUT2D eigenvalue weighted by Gasteiger charge is -2.20. The molecule has 0 unspecified atom stereocenters. The summed E-state index contributed by atoms with van der Waals surface area (Å²) in [6, 6.07) is 1.58. The summed E-state index contributed by atoms with van der Waals surface area (Å²) in [6.07, 6.45) is 3.56. The van der Waals surface area contributed by atoms with Crippen LogP contribution in [0.5, 0.6) is 0 Å². The van der Waals surface area contributed by atoms with Gasteiger partial charge in [0.2, 0.25) is 0 Å². The summed E-state index contributed by atoms with van der Waals surface area (Å²) in [6.45, 7) is 4.17. The number of hydrogen-bond donors (Lipinski definition) is 1. The molecule has 0 atom stereocenters. The first-order valence-electron chi connectivity index (χ1n) is 6.73. The molecule has 20 heavy (non-hydrogen) atoms. The monoisotopic (exact) mass is 317 g/mol. The molecule has 1 aliphatic rings. The van der Waals surface area contributed by atoms with Crippen LogP contribution in [0.3, 0.4) is 0 Å². The van der Waals surface area contributed by atoms with Gasteiger partial charge < -0.3 is 5.11 Å². The van der Waals surface area contributed by atoms with Crippen molar-refractivity contribution in [1.29, 1.82) is 0 Å². The van der Waals surface area contributed by atoms with E-state index in [1.807, 2.05) is 6.92 Å². The van der Waals surface area contributed by atoms with Gasteiger partial charge in [0.1, 0.15) is 9.09 Å². The van der Waals surface area contributed by atoms with Gasteiger partial charge in [0.25, 0.3) is 10.0 Å². The summed E-state index contributed by atoms with van der Waals surface area (Å²) in [5.41, 5.74) is 0.507. The summed E-state index contributed by atoms with van der Waals surface area (Å²) < 4.78 is 27.0. The normalized spacial score (nSPS) is 15.8. The first-order chi connectivity index (χ1) is 9.37. The summed E-state index contributed by atoms with van der Waals surface area (Å²) in [4.78, 5) is 11.2. The van der Waals surface area contributed by atoms with Crippen LogP contribution < -0.4 is 0 Å². The number of aryl methyl sites for hydroxylation is 1. The van der Waals surface area contributed by atoms with Crippen molar-refractivity contribution in [3.8, 4) is 0 Å². The maximum absolute atomic E-state index is 12.7. The molecular formula is C13H19NO4S2. The van der Waals surface area contributed by atoms with E-state index < -0.39 is 16.0 Å². The third kappa shape index (κ3) is 3.05. The first-order valence-corrected chi connectivity index (χ1v) is 8.99. The lowest BCUT2D eigenvalue weighted by Crippen LogP contribution is -2.33. The van der Waals surface area contributed by atoms with Crippen LogP contribution in [0, 0.1) is 6.92 Å². The Balaban J connectivity index is 2.32. The fourth-order valence-corrected chi connectivity index (χ4v) is 5.32. The van der Waals surface area contributed by atoms with Gasteiger partial charge in [-0.3, -0.25) is 0 Å². The van der Waals surface area contributed by atoms with Gasteiger partial charge in [0, 0.05) is 12.6 Å². The van der Waals surface area contributed by atoms with Crippen molar-refractivity contribution in [3.05, 3.63) is 16.5 Å². The molecule has 2 rings (SSSR count). The second kappa shape index (κ2) is 5.83. The van der Waals surface area contributed by atoms with E-state index in [0.717, 1.165) is 37.0 Å². The fraction of sp³-hybridized carbons (Fsp3) is 0.615. The Morgan fingerprint density at radius 2 is 2.15 bits per heavy atom. The Labute approximate surface area is 123 Å². The van der Waals surface area contributed by atoms with Gasteiger partial charge in [0.05, 0.1) is 0 Å². The highest BCUT2D eigenvalue weighted by molar-refractivity contribution is 7.91. The molecular weight excluding hydrogens is 298 g/mol. The quantitative estimate of drug-likeness (QED) is 0.839. The number of sulfonamides is 1. The van der Waals surface area contributed by atoms with Crippen LogP contribution in [0.25, 0.3) is 0 Å². The van der Waals surface area contributed by atoms with Crippen molar-refractivity contribution < 1.29 is 18.3 Å². The number of unbranched alkanes of at least 4 members (excludes halogenated alkanes) is 1. The predicted molar refractivity (Wildman–Crippen MR) is 77.8 cm³/mol. The van der Waals surface area contributed by atoms with E-state index in [4.69, 9.17) is 5.11 Å². The highest BCUT2D eigenvalue weighted by Gasteiger charge is 2.38. The van der Waals surface area contributed by atoms with E-state index in [1.54, 1.807) is 11.2 Å². The maximum atomic E-state index is 12.7. The highest BCUT2D eigenvalue weighted by Crippen LogP contribution is 2.35. The molecule has 1 N–H and O–H groups in total. The van der Waals surface area contributed by atoms with E-state index in [2.05, 4.69) is 0 Å². The van der Waals surface area contributed by atoms with Crippen LogP contribution in [0.1, 0.15) is 47.8 Å². The predicted octanol–water partition coefficient (Wildman–Crippen LogP) is 2.71. The van der Waals surface area contributed by atoms with Gasteiger partial charge in [0.15, 0.2) is 0 Å². The van der Waals surface area contributed by atoms with E-state index in [1.165, 1.54) is 6.07 Å². The molecule has 0 spiro atoms. The van der Waals surface area contributed by atoms with Crippen molar-refractivity contribution in [2.45, 2.75) is 49.8 Å². The molecule has 7 heteroatoms. The van der Waals surface area contributed by atoms with Crippen LogP contribution in [-0.2, 0) is 10.0 Å². The third-order valence-corrected chi connectivity index (χ3v) is 6.96. The zero-order valence-electron chi connectivity index (χ0n) is 11.6. The fourth-order valence-electron chi connectivity index (χ4n) is 2.08. The van der Waals surface area contributed by atoms with Crippen molar-refractivity contribution >= 4 is 27.3 Å². The summed E-state index contributed by atoms with van der Waals surface area (Å²) in [5.74, 6) is -1.07. The smallest absolute Gasteiger partial charge is 0.346 e. The van der Waals surface area contributed by atoms with Crippen LogP contribution >= 0.6 is 11.3 Å². The molecule has 5 nitrogen and oxygen atoms in total. The topological polar surface area (TPSA) is 74.7 Å². The molecule has 0 aromatic carbocycles. The molecule has 112 valence electrons. The van der Waals surface area contributed by atoms with Gasteiger partial charge in [-0.2, -0.15) is 4.31 Å². The van der Waals surface area contributed by atoms with Crippen molar-refractivity contribution in [1.82, 2.24) is 4.31 Å². The first kappa shape index (κ1) is 15.5. The van der Waals surface area contributed by atoms with Gasteiger partial charge in [-0.1, -0.05) is 13.3 Å². The van der Waals surface area contributed by atoms with Crippen molar-refractivity contribution in [2.24, 2.45) is 0 Å². The van der Waals surface area contributed by atoms with Crippen LogP contribution in [0.4, 0.5) is 0 Å². The van der Waals surface area contributed by atoms with Gasteiger partial charge in [-0.15, -0.1) is 11.3 Å². The number of nitrogens with zero attached hydrogens (tertiary/aromatic N) is 1. The van der Waals surface area contributed by atoms with E-state index >= 15 is 0 Å². The molecule has 1 saturated carbocycles. The zero-order chi connectivity index (χ0) is 14.9. The number of carboxylic acids is 1. The minimum absolute atomic E-state index is 0.0993. The Morgan fingerprint density at radius 3 is 2.60 bits per heavy atom. The van der Waals surface area contributed by atoms with E-state index in [0.29, 0.717) is 12.1 Å². The second-order valence-corrected chi connectivity index (χ2v) is 8.25. The molecule has 1 aliphatic carbocycles. The van der Waals surface area contributed by atoms with Gasteiger partial charge >= 0.3 is 5.97 Å². The van der Waals surface area contributed by atoms with E-state index in [9.17, 15) is 13.2 Å². The minimum atomic E-state index is -3.56. The van der Waals surface area contributed by atoms with Crippen molar-refractivity contribution in [2.75, 3.05) is 6.54 Å². The molecule has 1 aromatic heterocycles. The Kier molecular flexibility index (Phi) is 4.51. The summed E-state index contributed by atoms with van der Waals surface area (Å²) in [7, 11) is -3.56. The minimum Gasteiger partial charge on any atom is -0.477 e. The molecule has 0 saturated heterocycles. The molecule has 1 aromatic rings. The second-order valence-electron chi connectivity index (χ2n) is 5.08. The van der Waals surface area contributed by atoms with E-state index in [-0.39, 0.29) is 15.1 Å². The third-order valence-electron chi connectivity index (χ3n) is 3.34. The average Bonchev–Trinajstić information content (AvgIpc) is 3.10. The van der Waals surface area contributed by atoms with Crippen LogP contribution in [0.2, 0.25) is 0 Å². The van der Waals surface area contributed by atoms with Crippen molar-refractivity contribution in [3.63, 3.8) is 0 Å². The molecule has 0 aliphatic heterocycles. The lowest BCUT2D eigenvalue weighted by molar-refractivity contribution is 0.0701. The number of rotatable bonds is 7. The molecule has 1 heterocycles. The number of aromatic carboxylic acids is 1. The standard InChI is InChI=1S/C13H19NO4S2/c1-3-4-7-14(10-5-6-10)20(17,18)11-8-9(2)12(19-11)13(15)16/h8,10H,3-7H2,1-2H3,(H,15,16). The average molecular weight is 317 g/mol. The van der Waals surface area contributed by atoms with Crippen LogP contribution in [0.15, 0.2) is 10.3 Å². The SMILES string of the molecule is CCCCN(C1CC1)S(=O)(=O)c1cc(C)c(C(=O)O)s1. The maximum Gasteiger partial charge on any atom is 0.346 e. The number of thiophene rings is 1. The zero-order valence-corrected chi connectivity index (χ0v) is 13.3. The highest BCUT2D eigenvalue weighted by atomic mass is 32.2. The number of carboxylic acid groups (broad SMARTS) is 1. The Hall–Kier alpha value is -0.920. The molecule has 0 bridgehead atoms. The number of hydrogen-bond acceptors (Lipinski definition) is 4. The Bertz CT molecular complexity index is 602. The van der Waals surface area contributed by atoms with Gasteiger partial charge in [-0.05, 0) is 37.8 Å². The lowest BCUT2D eigenvalue weighted by atomic mass is 10.3. The number of carbonyl (C=O) groups is 1. The largest absolute Gasteiger partial charge is 0.477 e. The molecule has 0 radical (unpaired) electrons. The Morgan fingerprint density at radius 1 is 1.50 bits per heavy atom. The molecule has 1 fully saturated rings. The van der Waals surface area contributed by atoms with Gasteiger partial charge in [-0.25, -0.2) is 13.2 Å². The van der Waals surface area contributed by atoms with Crippen LogP contribution in [-0.4, -0.2) is 36.4 Å². The summed E-state index contributed by atoms with van der Waals surface area (Å²) in [5, 5.41) is 9.05.